The molecular weight excluding hydrogens is 386 g/mol. The third kappa shape index (κ3) is 6.26. The van der Waals surface area contributed by atoms with Crippen LogP contribution in [0.4, 0.5) is 5.88 Å². The van der Waals surface area contributed by atoms with Gasteiger partial charge in [-0.2, -0.15) is 0 Å². The van der Waals surface area contributed by atoms with Crippen LogP contribution in [0.2, 0.25) is 0 Å². The van der Waals surface area contributed by atoms with Gasteiger partial charge in [-0.25, -0.2) is 0 Å². The number of nitrogens with one attached hydrogen (secondary N) is 2. The predicted octanol–water partition coefficient (Wildman–Crippen LogP) is 3.11. The molecule has 1 saturated heterocycles. The Morgan fingerprint density at radius 3 is 2.60 bits per heavy atom. The van der Waals surface area contributed by atoms with Crippen LogP contribution in [-0.4, -0.2) is 53.4 Å². The zero-order valence-electron chi connectivity index (χ0n) is 18.7. The number of rotatable bonds is 8. The summed E-state index contributed by atoms with van der Waals surface area (Å²) in [5.41, 5.74) is -0.415. The van der Waals surface area contributed by atoms with Gasteiger partial charge in [0.05, 0.1) is 23.9 Å². The van der Waals surface area contributed by atoms with Crippen molar-refractivity contribution in [3.05, 3.63) is 11.8 Å². The summed E-state index contributed by atoms with van der Waals surface area (Å²) in [7, 11) is 0. The summed E-state index contributed by atoms with van der Waals surface area (Å²) in [5, 5.41) is 20.1. The Morgan fingerprint density at radius 1 is 1.20 bits per heavy atom. The minimum atomic E-state index is -0.767. The molecule has 3 rings (SSSR count). The Balaban J connectivity index is 1.52. The lowest BCUT2D eigenvalue weighted by atomic mass is 9.90. The van der Waals surface area contributed by atoms with E-state index in [1.54, 1.807) is 6.07 Å². The second-order valence-electron chi connectivity index (χ2n) is 9.80. The van der Waals surface area contributed by atoms with Gasteiger partial charge in [0.15, 0.2) is 6.29 Å². The molecule has 0 aromatic carbocycles. The topological polar surface area (TPSA) is 106 Å². The molecule has 3 N–H and O–H groups in total. The molecule has 0 spiro atoms. The SMILES string of the molecule is CC(C)(N[C@H]1CC[C@@H](O)CC1)C(=O)Nc1cc(C(C)(C)COC2CCCCO2)no1. The number of aliphatic hydroxyl groups excluding tert-OH is 1. The van der Waals surface area contributed by atoms with E-state index in [0.717, 1.165) is 57.2 Å². The van der Waals surface area contributed by atoms with Crippen molar-refractivity contribution in [2.75, 3.05) is 18.5 Å². The molecule has 1 aromatic rings. The molecule has 1 saturated carbocycles. The van der Waals surface area contributed by atoms with Crippen LogP contribution in [0.15, 0.2) is 10.6 Å². The van der Waals surface area contributed by atoms with Gasteiger partial charge in [-0.3, -0.25) is 10.1 Å². The first-order chi connectivity index (χ1) is 14.2. The number of nitrogens with zero attached hydrogens (tertiary/aromatic N) is 1. The average molecular weight is 424 g/mol. The molecule has 30 heavy (non-hydrogen) atoms. The summed E-state index contributed by atoms with van der Waals surface area (Å²) in [5.74, 6) is 0.145. The predicted molar refractivity (Wildman–Crippen MR) is 113 cm³/mol. The Labute approximate surface area is 179 Å². The van der Waals surface area contributed by atoms with Crippen molar-refractivity contribution < 1.29 is 23.9 Å². The van der Waals surface area contributed by atoms with Crippen molar-refractivity contribution in [3.63, 3.8) is 0 Å². The number of aliphatic hydroxyl groups is 1. The van der Waals surface area contributed by atoms with E-state index in [-0.39, 0.29) is 29.8 Å². The van der Waals surface area contributed by atoms with Crippen molar-refractivity contribution >= 4 is 11.8 Å². The first-order valence-electron chi connectivity index (χ1n) is 11.1. The third-order valence-electron chi connectivity index (χ3n) is 6.04. The molecule has 2 heterocycles. The highest BCUT2D eigenvalue weighted by Gasteiger charge is 2.33. The number of aromatic nitrogens is 1. The van der Waals surface area contributed by atoms with Gasteiger partial charge in [0.25, 0.3) is 0 Å². The summed E-state index contributed by atoms with van der Waals surface area (Å²) < 4.78 is 16.9. The second-order valence-corrected chi connectivity index (χ2v) is 9.80. The summed E-state index contributed by atoms with van der Waals surface area (Å²) in [6.45, 7) is 8.97. The molecule has 2 fully saturated rings. The quantitative estimate of drug-likeness (QED) is 0.590. The number of carbonyl (C=O) groups excluding carboxylic acids is 1. The first-order valence-corrected chi connectivity index (χ1v) is 11.1. The van der Waals surface area contributed by atoms with Crippen molar-refractivity contribution in [2.45, 2.75) is 102 Å². The van der Waals surface area contributed by atoms with E-state index in [4.69, 9.17) is 14.0 Å². The summed E-state index contributed by atoms with van der Waals surface area (Å²) >= 11 is 0. The fourth-order valence-electron chi connectivity index (χ4n) is 3.94. The second kappa shape index (κ2) is 9.77. The van der Waals surface area contributed by atoms with Crippen molar-refractivity contribution in [2.24, 2.45) is 0 Å². The van der Waals surface area contributed by atoms with Crippen LogP contribution in [-0.2, 0) is 19.7 Å². The highest BCUT2D eigenvalue weighted by Crippen LogP contribution is 2.27. The molecule has 170 valence electrons. The molecule has 0 bridgehead atoms. The fourth-order valence-corrected chi connectivity index (χ4v) is 3.94. The van der Waals surface area contributed by atoms with Gasteiger partial charge >= 0.3 is 0 Å². The van der Waals surface area contributed by atoms with Gasteiger partial charge in [0, 0.05) is 24.1 Å². The van der Waals surface area contributed by atoms with Gasteiger partial charge in [-0.15, -0.1) is 0 Å². The van der Waals surface area contributed by atoms with Crippen molar-refractivity contribution in [3.8, 4) is 0 Å². The molecule has 1 atom stereocenters. The number of anilines is 1. The maximum absolute atomic E-state index is 12.8. The third-order valence-corrected chi connectivity index (χ3v) is 6.04. The smallest absolute Gasteiger partial charge is 0.246 e. The zero-order valence-corrected chi connectivity index (χ0v) is 18.7. The maximum atomic E-state index is 12.8. The Morgan fingerprint density at radius 2 is 1.93 bits per heavy atom. The molecular formula is C22H37N3O5. The highest BCUT2D eigenvalue weighted by molar-refractivity contribution is 5.96. The van der Waals surface area contributed by atoms with Gasteiger partial charge in [-0.1, -0.05) is 19.0 Å². The summed E-state index contributed by atoms with van der Waals surface area (Å²) in [6.07, 6.45) is 6.01. The molecule has 0 radical (unpaired) electrons. The number of ether oxygens (including phenoxy) is 2. The normalized spacial score (nSPS) is 25.8. The molecule has 1 amide bonds. The van der Waals surface area contributed by atoms with Gasteiger partial charge in [0.1, 0.15) is 0 Å². The highest BCUT2D eigenvalue weighted by atomic mass is 16.7. The van der Waals surface area contributed by atoms with Crippen LogP contribution >= 0.6 is 0 Å². The standard InChI is InChI=1S/C22H37N3O5/c1-21(2,14-29-19-7-5-6-12-28-19)17-13-18(30-25-17)23-20(27)22(3,4)24-15-8-10-16(26)11-9-15/h13,15-16,19,24,26H,5-12,14H2,1-4H3,(H,23,27)/t15-,16+,19?. The van der Waals surface area contributed by atoms with E-state index in [2.05, 4.69) is 15.8 Å². The monoisotopic (exact) mass is 423 g/mol. The molecule has 8 nitrogen and oxygen atoms in total. The summed E-state index contributed by atoms with van der Waals surface area (Å²) in [4.78, 5) is 12.8. The van der Waals surface area contributed by atoms with Crippen LogP contribution in [0.1, 0.15) is 78.3 Å². The van der Waals surface area contributed by atoms with Crippen LogP contribution in [0.25, 0.3) is 0 Å². The Hall–Kier alpha value is -1.48. The minimum absolute atomic E-state index is 0.156. The first kappa shape index (κ1) is 23.2. The van der Waals surface area contributed by atoms with Crippen LogP contribution in [0.5, 0.6) is 0 Å². The number of amides is 1. The lowest BCUT2D eigenvalue weighted by molar-refractivity contribution is -0.170. The van der Waals surface area contributed by atoms with E-state index >= 15 is 0 Å². The van der Waals surface area contributed by atoms with E-state index in [1.807, 2.05) is 27.7 Å². The Bertz CT molecular complexity index is 689. The molecule has 1 aromatic heterocycles. The van der Waals surface area contributed by atoms with Gasteiger partial charge < -0.3 is 24.4 Å². The Kier molecular flexibility index (Phi) is 7.55. The van der Waals surface area contributed by atoms with Gasteiger partial charge in [-0.05, 0) is 58.8 Å². The number of hydrogen-bond acceptors (Lipinski definition) is 7. The minimum Gasteiger partial charge on any atom is -0.393 e. The largest absolute Gasteiger partial charge is 0.393 e. The van der Waals surface area contributed by atoms with E-state index in [9.17, 15) is 9.90 Å². The molecule has 8 heteroatoms. The van der Waals surface area contributed by atoms with Crippen molar-refractivity contribution in [1.29, 1.82) is 0 Å². The maximum Gasteiger partial charge on any atom is 0.246 e. The fraction of sp³-hybridized carbons (Fsp3) is 0.818. The molecule has 1 unspecified atom stereocenters. The lowest BCUT2D eigenvalue weighted by Crippen LogP contribution is -2.54. The zero-order chi connectivity index (χ0) is 21.8. The van der Waals surface area contributed by atoms with E-state index in [1.165, 1.54) is 0 Å². The van der Waals surface area contributed by atoms with Gasteiger partial charge in [0.2, 0.25) is 11.8 Å². The molecule has 1 aliphatic carbocycles. The molecule has 2 aliphatic rings. The van der Waals surface area contributed by atoms with Crippen molar-refractivity contribution in [1.82, 2.24) is 10.5 Å². The number of carbonyl (C=O) groups is 1. The van der Waals surface area contributed by atoms with E-state index in [0.29, 0.717) is 12.5 Å². The van der Waals surface area contributed by atoms with E-state index < -0.39 is 5.54 Å². The number of hydrogen-bond donors (Lipinski definition) is 3. The lowest BCUT2D eigenvalue weighted by Gasteiger charge is -2.33. The van der Waals surface area contributed by atoms with Crippen LogP contribution in [0, 0.1) is 0 Å². The van der Waals surface area contributed by atoms with Crippen LogP contribution < -0.4 is 10.6 Å². The summed E-state index contributed by atoms with van der Waals surface area (Å²) in [6, 6.07) is 1.98. The average Bonchev–Trinajstić information content (AvgIpc) is 3.18. The molecule has 1 aliphatic heterocycles. The van der Waals surface area contributed by atoms with Crippen LogP contribution in [0.3, 0.4) is 0 Å².